The van der Waals surface area contributed by atoms with Crippen LogP contribution >= 0.6 is 0 Å². The maximum absolute atomic E-state index is 12.8. The quantitative estimate of drug-likeness (QED) is 0.593. The first-order valence-corrected chi connectivity index (χ1v) is 11.5. The Morgan fingerprint density at radius 1 is 1.03 bits per heavy atom. The highest BCUT2D eigenvalue weighted by Gasteiger charge is 2.30. The smallest absolute Gasteiger partial charge is 0.260 e. The molecule has 2 aromatic rings. The summed E-state index contributed by atoms with van der Waals surface area (Å²) in [7, 11) is -2.13. The number of benzene rings is 2. The van der Waals surface area contributed by atoms with Gasteiger partial charge in [0.15, 0.2) is 18.1 Å². The summed E-state index contributed by atoms with van der Waals surface area (Å²) in [6, 6.07) is 13.0. The highest BCUT2D eigenvalue weighted by molar-refractivity contribution is 7.89. The second kappa shape index (κ2) is 10.3. The minimum atomic E-state index is -3.64. The van der Waals surface area contributed by atoms with E-state index in [1.807, 2.05) is 13.0 Å². The molecule has 0 saturated carbocycles. The van der Waals surface area contributed by atoms with Crippen molar-refractivity contribution in [2.24, 2.45) is 0 Å². The van der Waals surface area contributed by atoms with Crippen molar-refractivity contribution in [2.75, 3.05) is 46.5 Å². The van der Waals surface area contributed by atoms with E-state index in [0.717, 1.165) is 0 Å². The van der Waals surface area contributed by atoms with E-state index >= 15 is 0 Å². The van der Waals surface area contributed by atoms with Crippen LogP contribution in [0.4, 0.5) is 0 Å². The largest absolute Gasteiger partial charge is 0.497 e. The van der Waals surface area contributed by atoms with Gasteiger partial charge in [0, 0.05) is 32.2 Å². The van der Waals surface area contributed by atoms with E-state index < -0.39 is 10.0 Å². The van der Waals surface area contributed by atoms with Gasteiger partial charge in [0.05, 0.1) is 30.2 Å². The van der Waals surface area contributed by atoms with Crippen LogP contribution < -0.4 is 14.2 Å². The monoisotopic (exact) mass is 459 g/mol. The van der Waals surface area contributed by atoms with Gasteiger partial charge in [0.25, 0.3) is 5.91 Å². The van der Waals surface area contributed by atoms with Gasteiger partial charge < -0.3 is 19.1 Å². The molecule has 0 atom stereocenters. The average molecular weight is 460 g/mol. The summed E-state index contributed by atoms with van der Waals surface area (Å²) in [5.41, 5.74) is 0.432. The zero-order valence-electron chi connectivity index (χ0n) is 18.0. The van der Waals surface area contributed by atoms with Crippen molar-refractivity contribution in [1.29, 1.82) is 5.26 Å². The summed E-state index contributed by atoms with van der Waals surface area (Å²) in [5, 5.41) is 9.02. The van der Waals surface area contributed by atoms with Crippen LogP contribution in [0.15, 0.2) is 47.4 Å². The summed E-state index contributed by atoms with van der Waals surface area (Å²) >= 11 is 0. The van der Waals surface area contributed by atoms with Crippen LogP contribution in [0.3, 0.4) is 0 Å². The highest BCUT2D eigenvalue weighted by atomic mass is 32.2. The number of hydrogen-bond acceptors (Lipinski definition) is 7. The number of piperazine rings is 1. The molecule has 1 saturated heterocycles. The van der Waals surface area contributed by atoms with Crippen molar-refractivity contribution < 1.29 is 27.4 Å². The Balaban J connectivity index is 1.57. The van der Waals surface area contributed by atoms with Crippen molar-refractivity contribution in [3.63, 3.8) is 0 Å². The first-order chi connectivity index (χ1) is 15.4. The van der Waals surface area contributed by atoms with Crippen LogP contribution in [0.2, 0.25) is 0 Å². The standard InChI is InChI=1S/C22H25N3O6S/c1-3-30-21-14-17(15-23)4-9-20(21)31-16-22(26)24-10-12-25(13-11-24)32(27,28)19-7-5-18(29-2)6-8-19/h4-9,14H,3,10-13,16H2,1-2H3. The molecule has 0 bridgehead atoms. The molecule has 10 heteroatoms. The minimum Gasteiger partial charge on any atom is -0.497 e. The molecule has 170 valence electrons. The van der Waals surface area contributed by atoms with E-state index in [4.69, 9.17) is 19.5 Å². The zero-order valence-corrected chi connectivity index (χ0v) is 18.8. The van der Waals surface area contributed by atoms with Crippen molar-refractivity contribution in [2.45, 2.75) is 11.8 Å². The SMILES string of the molecule is CCOc1cc(C#N)ccc1OCC(=O)N1CCN(S(=O)(=O)c2ccc(OC)cc2)CC1. The summed E-state index contributed by atoms with van der Waals surface area (Å²) < 4.78 is 43.2. The maximum atomic E-state index is 12.8. The Kier molecular flexibility index (Phi) is 7.56. The van der Waals surface area contributed by atoms with Crippen molar-refractivity contribution >= 4 is 15.9 Å². The Hall–Kier alpha value is -3.29. The molecule has 1 heterocycles. The van der Waals surface area contributed by atoms with Gasteiger partial charge in [0.1, 0.15) is 5.75 Å². The number of rotatable bonds is 8. The molecule has 1 fully saturated rings. The minimum absolute atomic E-state index is 0.186. The van der Waals surface area contributed by atoms with E-state index in [9.17, 15) is 13.2 Å². The molecule has 0 N–H and O–H groups in total. The van der Waals surface area contributed by atoms with Crippen molar-refractivity contribution in [3.05, 3.63) is 48.0 Å². The van der Waals surface area contributed by atoms with Crippen molar-refractivity contribution in [3.8, 4) is 23.3 Å². The number of nitrogens with zero attached hydrogens (tertiary/aromatic N) is 3. The molecule has 0 aromatic heterocycles. The third kappa shape index (κ3) is 5.30. The lowest BCUT2D eigenvalue weighted by Gasteiger charge is -2.34. The lowest BCUT2D eigenvalue weighted by Crippen LogP contribution is -2.51. The topological polar surface area (TPSA) is 109 Å². The van der Waals surface area contributed by atoms with Crippen LogP contribution in [0, 0.1) is 11.3 Å². The molecule has 9 nitrogen and oxygen atoms in total. The van der Waals surface area contributed by atoms with Gasteiger partial charge in [-0.1, -0.05) is 0 Å². The van der Waals surface area contributed by atoms with Crippen LogP contribution in [0.5, 0.6) is 17.2 Å². The molecule has 0 aliphatic carbocycles. The molecule has 0 spiro atoms. The Morgan fingerprint density at radius 2 is 1.72 bits per heavy atom. The predicted molar refractivity (Wildman–Crippen MR) is 116 cm³/mol. The summed E-state index contributed by atoms with van der Waals surface area (Å²) in [5.74, 6) is 1.10. The summed E-state index contributed by atoms with van der Waals surface area (Å²) in [6.07, 6.45) is 0. The number of methoxy groups -OCH3 is 1. The number of carbonyl (C=O) groups is 1. The van der Waals surface area contributed by atoms with E-state index in [2.05, 4.69) is 0 Å². The molecule has 1 aliphatic heterocycles. The van der Waals surface area contributed by atoms with Gasteiger partial charge in [-0.25, -0.2) is 8.42 Å². The Bertz CT molecular complexity index is 1090. The van der Waals surface area contributed by atoms with Gasteiger partial charge in [0.2, 0.25) is 10.0 Å². The summed E-state index contributed by atoms with van der Waals surface area (Å²) in [4.78, 5) is 14.3. The fourth-order valence-corrected chi connectivity index (χ4v) is 4.69. The van der Waals surface area contributed by atoms with Gasteiger partial charge >= 0.3 is 0 Å². The molecule has 0 radical (unpaired) electrons. The van der Waals surface area contributed by atoms with E-state index in [0.29, 0.717) is 29.4 Å². The molecule has 1 amide bonds. The lowest BCUT2D eigenvalue weighted by molar-refractivity contribution is -0.134. The van der Waals surface area contributed by atoms with Gasteiger partial charge in [-0.05, 0) is 43.3 Å². The molecular formula is C22H25N3O6S. The van der Waals surface area contributed by atoms with Crippen LogP contribution in [-0.4, -0.2) is 70.0 Å². The Labute approximate surface area is 187 Å². The average Bonchev–Trinajstić information content (AvgIpc) is 2.83. The fourth-order valence-electron chi connectivity index (χ4n) is 3.27. The fraction of sp³-hybridized carbons (Fsp3) is 0.364. The highest BCUT2D eigenvalue weighted by Crippen LogP contribution is 2.28. The van der Waals surface area contributed by atoms with Crippen LogP contribution in [0.1, 0.15) is 12.5 Å². The third-order valence-electron chi connectivity index (χ3n) is 5.01. The van der Waals surface area contributed by atoms with Crippen LogP contribution in [0.25, 0.3) is 0 Å². The maximum Gasteiger partial charge on any atom is 0.260 e. The first kappa shape index (κ1) is 23.4. The first-order valence-electron chi connectivity index (χ1n) is 10.1. The summed E-state index contributed by atoms with van der Waals surface area (Å²) in [6.45, 7) is 2.92. The van der Waals surface area contributed by atoms with Gasteiger partial charge in [-0.3, -0.25) is 4.79 Å². The van der Waals surface area contributed by atoms with Crippen LogP contribution in [-0.2, 0) is 14.8 Å². The number of carbonyl (C=O) groups excluding carboxylic acids is 1. The molecule has 3 rings (SSSR count). The van der Waals surface area contributed by atoms with E-state index in [-0.39, 0.29) is 43.6 Å². The normalized spacial score (nSPS) is 14.5. The molecule has 1 aliphatic rings. The molecule has 32 heavy (non-hydrogen) atoms. The van der Waals surface area contributed by atoms with Gasteiger partial charge in [-0.15, -0.1) is 0 Å². The number of sulfonamides is 1. The Morgan fingerprint density at radius 3 is 2.31 bits per heavy atom. The molecule has 0 unspecified atom stereocenters. The number of hydrogen-bond donors (Lipinski definition) is 0. The predicted octanol–water partition coefficient (Wildman–Crippen LogP) is 1.88. The second-order valence-corrected chi connectivity index (χ2v) is 8.89. The van der Waals surface area contributed by atoms with E-state index in [1.165, 1.54) is 23.5 Å². The number of nitriles is 1. The van der Waals surface area contributed by atoms with Gasteiger partial charge in [-0.2, -0.15) is 9.57 Å². The zero-order chi connectivity index (χ0) is 23.1. The molecular weight excluding hydrogens is 434 g/mol. The van der Waals surface area contributed by atoms with Crippen molar-refractivity contribution in [1.82, 2.24) is 9.21 Å². The number of ether oxygens (including phenoxy) is 3. The number of amides is 1. The van der Waals surface area contributed by atoms with E-state index in [1.54, 1.807) is 35.2 Å². The third-order valence-corrected chi connectivity index (χ3v) is 6.93. The second-order valence-electron chi connectivity index (χ2n) is 6.96. The lowest BCUT2D eigenvalue weighted by atomic mass is 10.2. The molecule has 2 aromatic carbocycles.